The SMILES string of the molecule is CC(C)(C)NC(=O)c1cccc(NC(=O)CNc2ccc3ccccc3c2)c1. The second-order valence-electron chi connectivity index (χ2n) is 7.75. The van der Waals surface area contributed by atoms with Crippen LogP contribution in [0.5, 0.6) is 0 Å². The molecule has 3 aromatic carbocycles. The van der Waals surface area contributed by atoms with E-state index in [9.17, 15) is 9.59 Å². The van der Waals surface area contributed by atoms with E-state index in [1.165, 1.54) is 0 Å². The molecule has 0 fully saturated rings. The van der Waals surface area contributed by atoms with Gasteiger partial charge in [0.2, 0.25) is 5.91 Å². The minimum atomic E-state index is -0.319. The number of benzene rings is 3. The first-order chi connectivity index (χ1) is 13.3. The Bertz CT molecular complexity index is 1010. The molecule has 0 heterocycles. The minimum absolute atomic E-state index is 0.136. The number of fused-ring (bicyclic) bond motifs is 1. The van der Waals surface area contributed by atoms with Crippen LogP contribution in [-0.4, -0.2) is 23.9 Å². The first kappa shape index (κ1) is 19.4. The van der Waals surface area contributed by atoms with E-state index in [0.29, 0.717) is 11.3 Å². The molecule has 2 amide bonds. The molecule has 5 nitrogen and oxygen atoms in total. The van der Waals surface area contributed by atoms with E-state index in [2.05, 4.69) is 22.0 Å². The summed E-state index contributed by atoms with van der Waals surface area (Å²) in [6.07, 6.45) is 0. The van der Waals surface area contributed by atoms with Gasteiger partial charge in [0, 0.05) is 22.5 Å². The summed E-state index contributed by atoms with van der Waals surface area (Å²) in [5, 5.41) is 11.1. The van der Waals surface area contributed by atoms with Crippen molar-refractivity contribution < 1.29 is 9.59 Å². The van der Waals surface area contributed by atoms with Crippen LogP contribution < -0.4 is 16.0 Å². The molecule has 3 rings (SSSR count). The van der Waals surface area contributed by atoms with Crippen molar-refractivity contribution in [3.63, 3.8) is 0 Å². The van der Waals surface area contributed by atoms with Crippen molar-refractivity contribution in [2.24, 2.45) is 0 Å². The molecule has 3 N–H and O–H groups in total. The molecule has 0 saturated heterocycles. The predicted octanol–water partition coefficient (Wildman–Crippen LogP) is 4.42. The first-order valence-corrected chi connectivity index (χ1v) is 9.25. The summed E-state index contributed by atoms with van der Waals surface area (Å²) in [6, 6.07) is 21.0. The average molecular weight is 375 g/mol. The molecular formula is C23H25N3O2. The molecule has 0 spiro atoms. The molecule has 3 aromatic rings. The van der Waals surface area contributed by atoms with Gasteiger partial charge in [0.25, 0.3) is 5.91 Å². The van der Waals surface area contributed by atoms with E-state index < -0.39 is 0 Å². The normalized spacial score (nSPS) is 11.1. The zero-order valence-corrected chi connectivity index (χ0v) is 16.4. The molecule has 0 aromatic heterocycles. The van der Waals surface area contributed by atoms with Crippen molar-refractivity contribution in [2.75, 3.05) is 17.2 Å². The van der Waals surface area contributed by atoms with Gasteiger partial charge >= 0.3 is 0 Å². The van der Waals surface area contributed by atoms with Crippen LogP contribution in [0.4, 0.5) is 11.4 Å². The Hall–Kier alpha value is -3.34. The van der Waals surface area contributed by atoms with Crippen LogP contribution in [0.2, 0.25) is 0 Å². The van der Waals surface area contributed by atoms with Gasteiger partial charge in [-0.15, -0.1) is 0 Å². The third-order valence-corrected chi connectivity index (χ3v) is 4.10. The van der Waals surface area contributed by atoms with Crippen molar-refractivity contribution in [3.8, 4) is 0 Å². The number of amides is 2. The zero-order chi connectivity index (χ0) is 20.1. The number of hydrogen-bond donors (Lipinski definition) is 3. The number of rotatable bonds is 5. The highest BCUT2D eigenvalue weighted by atomic mass is 16.2. The highest BCUT2D eigenvalue weighted by Gasteiger charge is 2.15. The van der Waals surface area contributed by atoms with Gasteiger partial charge in [-0.1, -0.05) is 36.4 Å². The van der Waals surface area contributed by atoms with Crippen LogP contribution in [0.15, 0.2) is 66.7 Å². The molecule has 28 heavy (non-hydrogen) atoms. The molecule has 0 aliphatic carbocycles. The van der Waals surface area contributed by atoms with Gasteiger partial charge in [-0.3, -0.25) is 9.59 Å². The molecular weight excluding hydrogens is 350 g/mol. The summed E-state index contributed by atoms with van der Waals surface area (Å²) < 4.78 is 0. The lowest BCUT2D eigenvalue weighted by atomic mass is 10.1. The van der Waals surface area contributed by atoms with E-state index in [-0.39, 0.29) is 23.9 Å². The van der Waals surface area contributed by atoms with Crippen LogP contribution in [0.1, 0.15) is 31.1 Å². The highest BCUT2D eigenvalue weighted by Crippen LogP contribution is 2.18. The third kappa shape index (κ3) is 5.33. The predicted molar refractivity (Wildman–Crippen MR) is 115 cm³/mol. The van der Waals surface area contributed by atoms with E-state index in [4.69, 9.17) is 0 Å². The van der Waals surface area contributed by atoms with Crippen molar-refractivity contribution >= 4 is 34.0 Å². The maximum atomic E-state index is 12.3. The summed E-state index contributed by atoms with van der Waals surface area (Å²) in [7, 11) is 0. The van der Waals surface area contributed by atoms with E-state index in [1.54, 1.807) is 24.3 Å². The molecule has 5 heteroatoms. The minimum Gasteiger partial charge on any atom is -0.376 e. The Morgan fingerprint density at radius 3 is 2.32 bits per heavy atom. The number of nitrogens with one attached hydrogen (secondary N) is 3. The molecule has 0 unspecified atom stereocenters. The molecule has 0 bridgehead atoms. The lowest BCUT2D eigenvalue weighted by Crippen LogP contribution is -2.40. The van der Waals surface area contributed by atoms with Crippen LogP contribution in [0, 0.1) is 0 Å². The fraction of sp³-hybridized carbons (Fsp3) is 0.217. The summed E-state index contributed by atoms with van der Waals surface area (Å²) in [6.45, 7) is 5.91. The molecule has 0 aliphatic heterocycles. The van der Waals surface area contributed by atoms with E-state index >= 15 is 0 Å². The van der Waals surface area contributed by atoms with Crippen LogP contribution in [0.3, 0.4) is 0 Å². The molecule has 0 aliphatic rings. The molecule has 0 saturated carbocycles. The van der Waals surface area contributed by atoms with E-state index in [0.717, 1.165) is 16.5 Å². The maximum absolute atomic E-state index is 12.3. The lowest BCUT2D eigenvalue weighted by molar-refractivity contribution is -0.114. The standard InChI is InChI=1S/C23H25N3O2/c1-23(2,3)26-22(28)18-9-6-10-20(14-18)25-21(27)15-24-19-12-11-16-7-4-5-8-17(16)13-19/h4-14,24H,15H2,1-3H3,(H,25,27)(H,26,28). The molecule has 144 valence electrons. The summed E-state index contributed by atoms with van der Waals surface area (Å²) in [5.74, 6) is -0.348. The number of anilines is 2. The van der Waals surface area contributed by atoms with Gasteiger partial charge in [-0.25, -0.2) is 0 Å². The van der Waals surface area contributed by atoms with Crippen LogP contribution in [0.25, 0.3) is 10.8 Å². The van der Waals surface area contributed by atoms with Gasteiger partial charge in [0.15, 0.2) is 0 Å². The number of carbonyl (C=O) groups is 2. The Morgan fingerprint density at radius 2 is 1.57 bits per heavy atom. The molecule has 0 radical (unpaired) electrons. The Kier molecular flexibility index (Phi) is 5.64. The van der Waals surface area contributed by atoms with E-state index in [1.807, 2.05) is 57.2 Å². The summed E-state index contributed by atoms with van der Waals surface area (Å²) in [5.41, 5.74) is 1.66. The fourth-order valence-corrected chi connectivity index (χ4v) is 2.84. The zero-order valence-electron chi connectivity index (χ0n) is 16.4. The Morgan fingerprint density at radius 1 is 0.821 bits per heavy atom. The van der Waals surface area contributed by atoms with Gasteiger partial charge in [-0.05, 0) is 61.9 Å². The topological polar surface area (TPSA) is 70.2 Å². The monoisotopic (exact) mass is 375 g/mol. The summed E-state index contributed by atoms with van der Waals surface area (Å²) >= 11 is 0. The van der Waals surface area contributed by atoms with Crippen LogP contribution >= 0.6 is 0 Å². The highest BCUT2D eigenvalue weighted by molar-refractivity contribution is 5.98. The first-order valence-electron chi connectivity index (χ1n) is 9.25. The smallest absolute Gasteiger partial charge is 0.251 e. The van der Waals surface area contributed by atoms with Crippen molar-refractivity contribution in [1.82, 2.24) is 5.32 Å². The Labute approximate surface area is 165 Å². The summed E-state index contributed by atoms with van der Waals surface area (Å²) in [4.78, 5) is 24.6. The van der Waals surface area contributed by atoms with Crippen molar-refractivity contribution in [3.05, 3.63) is 72.3 Å². The second-order valence-corrected chi connectivity index (χ2v) is 7.75. The van der Waals surface area contributed by atoms with Gasteiger partial charge in [0.05, 0.1) is 6.54 Å². The van der Waals surface area contributed by atoms with Gasteiger partial charge in [0.1, 0.15) is 0 Å². The number of hydrogen-bond acceptors (Lipinski definition) is 3. The maximum Gasteiger partial charge on any atom is 0.251 e. The van der Waals surface area contributed by atoms with Crippen LogP contribution in [-0.2, 0) is 4.79 Å². The number of carbonyl (C=O) groups excluding carboxylic acids is 2. The fourth-order valence-electron chi connectivity index (χ4n) is 2.84. The van der Waals surface area contributed by atoms with Crippen molar-refractivity contribution in [2.45, 2.75) is 26.3 Å². The quantitative estimate of drug-likeness (QED) is 0.618. The van der Waals surface area contributed by atoms with Crippen molar-refractivity contribution in [1.29, 1.82) is 0 Å². The molecule has 0 atom stereocenters. The second kappa shape index (κ2) is 8.13. The Balaban J connectivity index is 1.59. The van der Waals surface area contributed by atoms with Gasteiger partial charge < -0.3 is 16.0 Å². The average Bonchev–Trinajstić information content (AvgIpc) is 2.65. The largest absolute Gasteiger partial charge is 0.376 e. The van der Waals surface area contributed by atoms with Gasteiger partial charge in [-0.2, -0.15) is 0 Å². The third-order valence-electron chi connectivity index (χ3n) is 4.10. The lowest BCUT2D eigenvalue weighted by Gasteiger charge is -2.20.